The van der Waals surface area contributed by atoms with Crippen LogP contribution in [0.15, 0.2) is 47.2 Å². The fourth-order valence-electron chi connectivity index (χ4n) is 1.45. The molecule has 2 aromatic rings. The average molecular weight is 337 g/mol. The fraction of sp³-hybridized carbons (Fsp3) is 0.143. The minimum absolute atomic E-state index is 0.147. The van der Waals surface area contributed by atoms with E-state index >= 15 is 0 Å². The second-order valence-corrected chi connectivity index (χ2v) is 4.95. The second-order valence-electron chi connectivity index (χ2n) is 4.03. The zero-order valence-electron chi connectivity index (χ0n) is 10.6. The van der Waals surface area contributed by atoms with Gasteiger partial charge in [0, 0.05) is 28.1 Å². The van der Waals surface area contributed by atoms with Crippen molar-refractivity contribution < 1.29 is 14.3 Å². The van der Waals surface area contributed by atoms with Crippen molar-refractivity contribution >= 4 is 27.6 Å². The maximum atomic E-state index is 11.5. The number of anilines is 1. The van der Waals surface area contributed by atoms with E-state index in [-0.39, 0.29) is 13.2 Å². The molecule has 0 amide bonds. The Balaban J connectivity index is 1.77. The first kappa shape index (κ1) is 14.3. The van der Waals surface area contributed by atoms with Crippen molar-refractivity contribution in [3.63, 3.8) is 0 Å². The number of aromatic nitrogens is 1. The third kappa shape index (κ3) is 4.55. The van der Waals surface area contributed by atoms with Gasteiger partial charge in [-0.1, -0.05) is 0 Å². The van der Waals surface area contributed by atoms with Gasteiger partial charge in [-0.25, -0.2) is 4.79 Å². The number of nitrogens with zero attached hydrogens (tertiary/aromatic N) is 1. The van der Waals surface area contributed by atoms with Crippen molar-refractivity contribution in [2.24, 2.45) is 0 Å². The van der Waals surface area contributed by atoms with E-state index in [4.69, 9.17) is 15.2 Å². The predicted octanol–water partition coefficient (Wildman–Crippen LogP) is 2.55. The number of ether oxygens (including phenoxy) is 2. The van der Waals surface area contributed by atoms with E-state index in [0.29, 0.717) is 11.4 Å². The topological polar surface area (TPSA) is 74.4 Å². The molecule has 1 aromatic heterocycles. The molecule has 0 fully saturated rings. The Morgan fingerprint density at radius 3 is 2.70 bits per heavy atom. The number of carbonyl (C=O) groups is 1. The van der Waals surface area contributed by atoms with Gasteiger partial charge in [-0.2, -0.15) is 0 Å². The molecule has 104 valence electrons. The molecule has 0 saturated carbocycles. The lowest BCUT2D eigenvalue weighted by Gasteiger charge is -2.07. The fourth-order valence-corrected chi connectivity index (χ4v) is 1.86. The van der Waals surface area contributed by atoms with Crippen molar-refractivity contribution in [2.45, 2.75) is 6.61 Å². The summed E-state index contributed by atoms with van der Waals surface area (Å²) < 4.78 is 11.2. The highest BCUT2D eigenvalue weighted by Gasteiger charge is 2.05. The van der Waals surface area contributed by atoms with Gasteiger partial charge in [0.25, 0.3) is 0 Å². The molecule has 0 saturated heterocycles. The smallest absolute Gasteiger partial charge is 0.344 e. The lowest BCUT2D eigenvalue weighted by molar-refractivity contribution is -0.147. The first-order valence-electron chi connectivity index (χ1n) is 5.87. The molecule has 0 aliphatic carbocycles. The third-order valence-electron chi connectivity index (χ3n) is 2.40. The number of benzene rings is 1. The molecule has 0 atom stereocenters. The molecular weight excluding hydrogens is 324 g/mol. The van der Waals surface area contributed by atoms with Crippen molar-refractivity contribution in [3.8, 4) is 5.75 Å². The van der Waals surface area contributed by atoms with Crippen LogP contribution >= 0.6 is 15.9 Å². The number of pyridine rings is 1. The summed E-state index contributed by atoms with van der Waals surface area (Å²) in [5.74, 6) is 0.127. The Morgan fingerprint density at radius 2 is 2.00 bits per heavy atom. The van der Waals surface area contributed by atoms with Crippen LogP contribution in [0.3, 0.4) is 0 Å². The van der Waals surface area contributed by atoms with Gasteiger partial charge >= 0.3 is 5.97 Å². The van der Waals surface area contributed by atoms with Crippen LogP contribution in [0.5, 0.6) is 5.75 Å². The van der Waals surface area contributed by atoms with Crippen molar-refractivity contribution in [1.82, 2.24) is 4.98 Å². The molecule has 20 heavy (non-hydrogen) atoms. The summed E-state index contributed by atoms with van der Waals surface area (Å²) in [6.07, 6.45) is 3.30. The molecule has 6 heteroatoms. The highest BCUT2D eigenvalue weighted by atomic mass is 79.9. The largest absolute Gasteiger partial charge is 0.482 e. The zero-order valence-corrected chi connectivity index (χ0v) is 12.2. The van der Waals surface area contributed by atoms with E-state index in [2.05, 4.69) is 20.9 Å². The lowest BCUT2D eigenvalue weighted by atomic mass is 10.3. The maximum absolute atomic E-state index is 11.5. The highest BCUT2D eigenvalue weighted by Crippen LogP contribution is 2.13. The summed E-state index contributed by atoms with van der Waals surface area (Å²) >= 11 is 3.30. The van der Waals surface area contributed by atoms with Crippen LogP contribution in [0.2, 0.25) is 0 Å². The van der Waals surface area contributed by atoms with Gasteiger partial charge in [0.15, 0.2) is 6.61 Å². The monoisotopic (exact) mass is 336 g/mol. The van der Waals surface area contributed by atoms with E-state index in [1.807, 2.05) is 6.07 Å². The van der Waals surface area contributed by atoms with E-state index in [1.54, 1.807) is 36.7 Å². The number of nitrogens with two attached hydrogens (primary N) is 1. The summed E-state index contributed by atoms with van der Waals surface area (Å²) in [7, 11) is 0. The van der Waals surface area contributed by atoms with Crippen molar-refractivity contribution in [1.29, 1.82) is 0 Å². The van der Waals surface area contributed by atoms with Crippen LogP contribution in [0.25, 0.3) is 0 Å². The Bertz CT molecular complexity index is 587. The Hall–Kier alpha value is -2.08. The normalized spacial score (nSPS) is 10.1. The van der Waals surface area contributed by atoms with E-state index < -0.39 is 5.97 Å². The number of carbonyl (C=O) groups excluding carboxylic acids is 1. The van der Waals surface area contributed by atoms with Crippen LogP contribution in [0.4, 0.5) is 5.69 Å². The number of hydrogen-bond donors (Lipinski definition) is 1. The summed E-state index contributed by atoms with van der Waals surface area (Å²) in [5.41, 5.74) is 7.00. The molecule has 2 rings (SSSR count). The minimum Gasteiger partial charge on any atom is -0.482 e. The summed E-state index contributed by atoms with van der Waals surface area (Å²) in [5, 5.41) is 0. The molecule has 0 radical (unpaired) electrons. The van der Waals surface area contributed by atoms with E-state index in [9.17, 15) is 4.79 Å². The van der Waals surface area contributed by atoms with Gasteiger partial charge in [0.1, 0.15) is 12.4 Å². The maximum Gasteiger partial charge on any atom is 0.344 e. The van der Waals surface area contributed by atoms with Crippen LogP contribution in [0.1, 0.15) is 5.56 Å². The van der Waals surface area contributed by atoms with Gasteiger partial charge < -0.3 is 15.2 Å². The van der Waals surface area contributed by atoms with Crippen LogP contribution < -0.4 is 10.5 Å². The summed E-state index contributed by atoms with van der Waals surface area (Å²) in [6, 6.07) is 8.63. The molecule has 0 spiro atoms. The molecule has 0 bridgehead atoms. The first-order chi connectivity index (χ1) is 9.63. The third-order valence-corrected chi connectivity index (χ3v) is 2.83. The standard InChI is InChI=1S/C14H13BrN2O3/c15-11-5-10(6-17-7-11)8-20-14(18)9-19-13-3-1-12(16)2-4-13/h1-7H,8-9,16H2. The molecule has 1 heterocycles. The molecular formula is C14H13BrN2O3. The Kier molecular flexibility index (Phi) is 4.95. The SMILES string of the molecule is Nc1ccc(OCC(=O)OCc2cncc(Br)c2)cc1. The van der Waals surface area contributed by atoms with Gasteiger partial charge in [-0.3, -0.25) is 4.98 Å². The van der Waals surface area contributed by atoms with Crippen LogP contribution in [-0.4, -0.2) is 17.6 Å². The molecule has 2 N–H and O–H groups in total. The molecule has 1 aromatic carbocycles. The first-order valence-corrected chi connectivity index (χ1v) is 6.66. The van der Waals surface area contributed by atoms with Crippen LogP contribution in [0, 0.1) is 0 Å². The van der Waals surface area contributed by atoms with Crippen molar-refractivity contribution in [3.05, 3.63) is 52.8 Å². The number of hydrogen-bond acceptors (Lipinski definition) is 5. The number of esters is 1. The zero-order chi connectivity index (χ0) is 14.4. The minimum atomic E-state index is -0.443. The summed E-state index contributed by atoms with van der Waals surface area (Å²) in [4.78, 5) is 15.5. The molecule has 5 nitrogen and oxygen atoms in total. The molecule has 0 aliphatic rings. The molecule has 0 aliphatic heterocycles. The highest BCUT2D eigenvalue weighted by molar-refractivity contribution is 9.10. The Labute approximate surface area is 124 Å². The molecule has 0 unspecified atom stereocenters. The lowest BCUT2D eigenvalue weighted by Crippen LogP contribution is -2.14. The van der Waals surface area contributed by atoms with E-state index in [1.165, 1.54) is 0 Å². The quantitative estimate of drug-likeness (QED) is 0.670. The Morgan fingerprint density at radius 1 is 1.25 bits per heavy atom. The second kappa shape index (κ2) is 6.91. The van der Waals surface area contributed by atoms with E-state index in [0.717, 1.165) is 10.0 Å². The number of nitrogen functional groups attached to an aromatic ring is 1. The van der Waals surface area contributed by atoms with Gasteiger partial charge in [-0.05, 0) is 46.3 Å². The van der Waals surface area contributed by atoms with Crippen LogP contribution in [-0.2, 0) is 16.1 Å². The summed E-state index contributed by atoms with van der Waals surface area (Å²) in [6.45, 7) is 0.0156. The number of halogens is 1. The van der Waals surface area contributed by atoms with Gasteiger partial charge in [0.2, 0.25) is 0 Å². The van der Waals surface area contributed by atoms with Crippen molar-refractivity contribution in [2.75, 3.05) is 12.3 Å². The number of rotatable bonds is 5. The average Bonchev–Trinajstić information content (AvgIpc) is 2.45. The van der Waals surface area contributed by atoms with Gasteiger partial charge in [-0.15, -0.1) is 0 Å². The predicted molar refractivity (Wildman–Crippen MR) is 78.1 cm³/mol. The van der Waals surface area contributed by atoms with Gasteiger partial charge in [0.05, 0.1) is 0 Å².